The van der Waals surface area contributed by atoms with Crippen molar-refractivity contribution in [3.63, 3.8) is 0 Å². The summed E-state index contributed by atoms with van der Waals surface area (Å²) in [5, 5.41) is 27.0. The van der Waals surface area contributed by atoms with Crippen LogP contribution in [-0.4, -0.2) is 52.5 Å². The van der Waals surface area contributed by atoms with E-state index in [2.05, 4.69) is 36.1 Å². The molecule has 10 heteroatoms. The highest BCUT2D eigenvalue weighted by Gasteiger charge is 2.16. The Morgan fingerprint density at radius 1 is 1.17 bits per heavy atom. The van der Waals surface area contributed by atoms with Gasteiger partial charge in [-0.05, 0) is 24.3 Å². The molecule has 3 aromatic rings. The Morgan fingerprint density at radius 3 is 2.73 bits per heavy atom. The second-order valence-electron chi connectivity index (χ2n) is 6.60. The van der Waals surface area contributed by atoms with Gasteiger partial charge in [0.1, 0.15) is 23.4 Å². The van der Waals surface area contributed by atoms with Crippen molar-refractivity contribution in [1.82, 2.24) is 25.5 Å². The molecule has 0 bridgehead atoms. The van der Waals surface area contributed by atoms with Gasteiger partial charge in [-0.15, -0.1) is 10.2 Å². The van der Waals surface area contributed by atoms with Crippen molar-refractivity contribution < 1.29 is 9.13 Å². The molecule has 4 rings (SSSR count). The van der Waals surface area contributed by atoms with Crippen molar-refractivity contribution in [2.45, 2.75) is 6.10 Å². The normalized spacial score (nSPS) is 15.9. The van der Waals surface area contributed by atoms with Gasteiger partial charge in [0.05, 0.1) is 30.8 Å². The smallest absolute Gasteiger partial charge is 0.158 e. The van der Waals surface area contributed by atoms with Crippen LogP contribution in [0.4, 0.5) is 21.7 Å². The van der Waals surface area contributed by atoms with Crippen LogP contribution in [0.1, 0.15) is 5.69 Å². The number of benzene rings is 1. The van der Waals surface area contributed by atoms with E-state index in [1.807, 2.05) is 6.07 Å². The number of nitriles is 1. The summed E-state index contributed by atoms with van der Waals surface area (Å²) in [7, 11) is 0. The fraction of sp³-hybridized carbons (Fsp3) is 0.250. The molecule has 3 heterocycles. The first-order chi connectivity index (χ1) is 14.7. The van der Waals surface area contributed by atoms with Crippen LogP contribution in [0.5, 0.6) is 0 Å². The fourth-order valence-corrected chi connectivity index (χ4v) is 2.96. The van der Waals surface area contributed by atoms with Gasteiger partial charge >= 0.3 is 0 Å². The molecule has 2 aromatic heterocycles. The largest absolute Gasteiger partial charge is 0.380 e. The number of rotatable bonds is 6. The molecule has 0 radical (unpaired) electrons. The molecule has 1 atom stereocenters. The lowest BCUT2D eigenvalue weighted by atomic mass is 10.1. The molecule has 1 fully saturated rings. The number of aromatic nitrogens is 4. The average molecular weight is 406 g/mol. The van der Waals surface area contributed by atoms with Crippen molar-refractivity contribution in [3.05, 3.63) is 54.2 Å². The van der Waals surface area contributed by atoms with Gasteiger partial charge in [0.25, 0.3) is 0 Å². The van der Waals surface area contributed by atoms with E-state index in [-0.39, 0.29) is 17.6 Å². The molecule has 1 aromatic carbocycles. The summed E-state index contributed by atoms with van der Waals surface area (Å²) in [5.41, 5.74) is 2.27. The predicted octanol–water partition coefficient (Wildman–Crippen LogP) is 2.09. The van der Waals surface area contributed by atoms with Crippen LogP contribution in [0.15, 0.2) is 42.7 Å². The summed E-state index contributed by atoms with van der Waals surface area (Å²) in [6, 6.07) is 9.79. The van der Waals surface area contributed by atoms with Gasteiger partial charge in [-0.25, -0.2) is 14.4 Å². The summed E-state index contributed by atoms with van der Waals surface area (Å²) in [4.78, 5) is 8.11. The lowest BCUT2D eigenvalue weighted by Crippen LogP contribution is -2.42. The zero-order valence-corrected chi connectivity index (χ0v) is 16.0. The molecule has 3 N–H and O–H groups in total. The van der Waals surface area contributed by atoms with E-state index in [1.54, 1.807) is 18.2 Å². The highest BCUT2D eigenvalue weighted by molar-refractivity contribution is 5.76. The molecule has 152 valence electrons. The molecule has 0 unspecified atom stereocenters. The van der Waals surface area contributed by atoms with E-state index < -0.39 is 0 Å². The number of nitrogens with zero attached hydrogens (tertiary/aromatic N) is 5. The Kier molecular flexibility index (Phi) is 6.03. The number of morpholine rings is 1. The Bertz CT molecular complexity index is 1030. The second kappa shape index (κ2) is 9.21. The van der Waals surface area contributed by atoms with Crippen molar-refractivity contribution >= 4 is 17.3 Å². The number of halogens is 1. The summed E-state index contributed by atoms with van der Waals surface area (Å²) < 4.78 is 19.1. The van der Waals surface area contributed by atoms with Crippen molar-refractivity contribution in [1.29, 1.82) is 5.26 Å². The number of hydrogen-bond donors (Lipinski definition) is 3. The van der Waals surface area contributed by atoms with Gasteiger partial charge in [-0.3, -0.25) is 0 Å². The molecule has 0 amide bonds. The summed E-state index contributed by atoms with van der Waals surface area (Å²) in [6.45, 7) is 2.83. The van der Waals surface area contributed by atoms with Crippen LogP contribution < -0.4 is 16.0 Å². The Morgan fingerprint density at radius 2 is 2.03 bits per heavy atom. The maximum absolute atomic E-state index is 13.3. The molecule has 1 saturated heterocycles. The summed E-state index contributed by atoms with van der Waals surface area (Å²) >= 11 is 0. The second-order valence-corrected chi connectivity index (χ2v) is 6.60. The van der Waals surface area contributed by atoms with Gasteiger partial charge in [0, 0.05) is 31.3 Å². The van der Waals surface area contributed by atoms with E-state index in [0.717, 1.165) is 24.3 Å². The van der Waals surface area contributed by atoms with E-state index in [4.69, 9.17) is 10.00 Å². The van der Waals surface area contributed by atoms with Gasteiger partial charge in [0.2, 0.25) is 0 Å². The lowest BCUT2D eigenvalue weighted by Gasteiger charge is -2.24. The van der Waals surface area contributed by atoms with Gasteiger partial charge in [-0.2, -0.15) is 5.26 Å². The van der Waals surface area contributed by atoms with E-state index >= 15 is 0 Å². The van der Waals surface area contributed by atoms with Gasteiger partial charge in [-0.1, -0.05) is 0 Å². The zero-order valence-electron chi connectivity index (χ0n) is 16.0. The van der Waals surface area contributed by atoms with E-state index in [1.165, 1.54) is 24.5 Å². The molecule has 9 nitrogen and oxygen atoms in total. The van der Waals surface area contributed by atoms with E-state index in [0.29, 0.717) is 30.5 Å². The molecule has 1 aliphatic rings. The van der Waals surface area contributed by atoms with Gasteiger partial charge < -0.3 is 20.7 Å². The number of hydrogen-bond acceptors (Lipinski definition) is 9. The quantitative estimate of drug-likeness (QED) is 0.565. The van der Waals surface area contributed by atoms with Gasteiger partial charge in [0.15, 0.2) is 11.5 Å². The molecule has 30 heavy (non-hydrogen) atoms. The number of anilines is 3. The van der Waals surface area contributed by atoms with Crippen LogP contribution in [0.25, 0.3) is 11.3 Å². The lowest BCUT2D eigenvalue weighted by molar-refractivity contribution is 0.0372. The molecule has 0 aliphatic carbocycles. The van der Waals surface area contributed by atoms with Crippen molar-refractivity contribution in [2.75, 3.05) is 36.9 Å². The maximum Gasteiger partial charge on any atom is 0.158 e. The highest BCUT2D eigenvalue weighted by atomic mass is 19.1. The topological polar surface area (TPSA) is 121 Å². The monoisotopic (exact) mass is 406 g/mol. The Hall–Kier alpha value is -3.68. The molecule has 0 spiro atoms. The first-order valence-electron chi connectivity index (χ1n) is 9.40. The Balaban J connectivity index is 1.58. The zero-order chi connectivity index (χ0) is 20.8. The van der Waals surface area contributed by atoms with Crippen LogP contribution in [0.3, 0.4) is 0 Å². The maximum atomic E-state index is 13.3. The molecular weight excluding hydrogens is 387 g/mol. The standard InChI is InChI=1S/C20H19FN8O/c21-14-3-1-13(2-4-14)20-17(25-11-16-10-23-5-6-30-16)7-18(28-29-20)27-19-12-24-15(8-22)9-26-19/h1-4,7,9,12,16,23H,5-6,10-11H2,(H2,25,26,27,28)/t16-/m0/s1. The van der Waals surface area contributed by atoms with Crippen LogP contribution in [0, 0.1) is 17.1 Å². The fourth-order valence-electron chi connectivity index (χ4n) is 2.96. The molecule has 1 aliphatic heterocycles. The van der Waals surface area contributed by atoms with Crippen LogP contribution in [0.2, 0.25) is 0 Å². The summed E-state index contributed by atoms with van der Waals surface area (Å²) in [6.07, 6.45) is 2.84. The third-order valence-electron chi connectivity index (χ3n) is 4.46. The average Bonchev–Trinajstić information content (AvgIpc) is 2.80. The van der Waals surface area contributed by atoms with Crippen molar-refractivity contribution in [2.24, 2.45) is 0 Å². The van der Waals surface area contributed by atoms with Crippen molar-refractivity contribution in [3.8, 4) is 17.3 Å². The molecular formula is C20H19FN8O. The third kappa shape index (κ3) is 4.83. The summed E-state index contributed by atoms with van der Waals surface area (Å²) in [5.74, 6) is 0.564. The minimum absolute atomic E-state index is 0.0220. The van der Waals surface area contributed by atoms with Crippen LogP contribution >= 0.6 is 0 Å². The number of ether oxygens (including phenoxy) is 1. The van der Waals surface area contributed by atoms with E-state index in [9.17, 15) is 4.39 Å². The highest BCUT2D eigenvalue weighted by Crippen LogP contribution is 2.28. The first-order valence-corrected chi connectivity index (χ1v) is 9.40. The SMILES string of the molecule is N#Cc1cnc(Nc2cc(NC[C@@H]3CNCCO3)c(-c3ccc(F)cc3)nn2)cn1. The van der Waals surface area contributed by atoms with Crippen LogP contribution in [-0.2, 0) is 4.74 Å². The third-order valence-corrected chi connectivity index (χ3v) is 4.46. The first kappa shape index (κ1) is 19.6. The molecule has 0 saturated carbocycles. The predicted molar refractivity (Wildman–Crippen MR) is 109 cm³/mol. The Labute approximate surface area is 172 Å². The number of nitrogens with one attached hydrogen (secondary N) is 3. The minimum atomic E-state index is -0.319. The minimum Gasteiger partial charge on any atom is -0.380 e.